The molecule has 0 bridgehead atoms. The molecule has 0 spiro atoms. The first-order valence-corrected chi connectivity index (χ1v) is 6.98. The van der Waals surface area contributed by atoms with Gasteiger partial charge in [0.1, 0.15) is 17.4 Å². The lowest BCUT2D eigenvalue weighted by molar-refractivity contribution is -0.136. The number of nitrogens with zero attached hydrogens (tertiary/aromatic N) is 1. The summed E-state index contributed by atoms with van der Waals surface area (Å²) < 4.78 is 10.1. The van der Waals surface area contributed by atoms with Crippen molar-refractivity contribution in [3.63, 3.8) is 0 Å². The van der Waals surface area contributed by atoms with Crippen molar-refractivity contribution >= 4 is 29.2 Å². The Morgan fingerprint density at radius 3 is 2.73 bits per heavy atom. The van der Waals surface area contributed by atoms with Crippen molar-refractivity contribution in [1.82, 2.24) is 0 Å². The molecule has 1 aromatic carbocycles. The number of methoxy groups -OCH3 is 1. The van der Waals surface area contributed by atoms with E-state index in [9.17, 15) is 10.1 Å². The minimum atomic E-state index is -0.794. The molecule has 1 aliphatic heterocycles. The Hall–Kier alpha value is -2.16. The molecule has 0 aromatic heterocycles. The maximum absolute atomic E-state index is 12.1. The van der Waals surface area contributed by atoms with Gasteiger partial charge in [-0.25, -0.2) is 4.79 Å². The molecular formula is C15H12Cl2N2O3. The molecule has 1 atom stereocenters. The summed E-state index contributed by atoms with van der Waals surface area (Å²) in [7, 11) is 1.24. The zero-order valence-electron chi connectivity index (χ0n) is 11.8. The van der Waals surface area contributed by atoms with Gasteiger partial charge in [-0.15, -0.1) is 0 Å². The van der Waals surface area contributed by atoms with Crippen molar-refractivity contribution in [2.45, 2.75) is 12.8 Å². The van der Waals surface area contributed by atoms with E-state index in [1.807, 2.05) is 6.07 Å². The average molecular weight is 339 g/mol. The molecule has 0 saturated carbocycles. The van der Waals surface area contributed by atoms with Crippen LogP contribution in [-0.4, -0.2) is 13.1 Å². The number of esters is 1. The molecule has 114 valence electrons. The highest BCUT2D eigenvalue weighted by atomic mass is 35.5. The summed E-state index contributed by atoms with van der Waals surface area (Å²) in [6, 6.07) is 6.92. The molecule has 2 N–H and O–H groups in total. The topological polar surface area (TPSA) is 85.3 Å². The number of nitrogens with two attached hydrogens (primary N) is 1. The van der Waals surface area contributed by atoms with Gasteiger partial charge in [0.2, 0.25) is 5.88 Å². The number of nitriles is 1. The van der Waals surface area contributed by atoms with Crippen molar-refractivity contribution in [3.05, 3.63) is 56.6 Å². The van der Waals surface area contributed by atoms with E-state index in [1.165, 1.54) is 7.11 Å². The standard InChI is InChI=1S/C15H12Cl2N2O3/c1-7-11(15(20)21-2)12(9(6-18)14(19)22-7)8-4-3-5-10(16)13(8)17/h3-5,12H,19H2,1-2H3. The molecule has 0 aliphatic carbocycles. The minimum Gasteiger partial charge on any atom is -0.466 e. The molecule has 2 rings (SSSR count). The van der Waals surface area contributed by atoms with Crippen LogP contribution in [0.1, 0.15) is 18.4 Å². The summed E-state index contributed by atoms with van der Waals surface area (Å²) in [4.78, 5) is 12.1. The molecule has 5 nitrogen and oxygen atoms in total. The van der Waals surface area contributed by atoms with Crippen molar-refractivity contribution in [2.24, 2.45) is 5.73 Å². The molecule has 1 heterocycles. The Bertz CT molecular complexity index is 748. The van der Waals surface area contributed by atoms with Gasteiger partial charge < -0.3 is 15.2 Å². The van der Waals surface area contributed by atoms with E-state index in [-0.39, 0.29) is 27.8 Å². The number of rotatable bonds is 2. The third kappa shape index (κ3) is 2.63. The molecule has 22 heavy (non-hydrogen) atoms. The largest absolute Gasteiger partial charge is 0.466 e. The first kappa shape index (κ1) is 16.2. The number of hydrogen-bond acceptors (Lipinski definition) is 5. The number of allylic oxidation sites excluding steroid dienone is 2. The maximum Gasteiger partial charge on any atom is 0.338 e. The maximum atomic E-state index is 12.1. The molecule has 1 aromatic rings. The quantitative estimate of drug-likeness (QED) is 0.836. The van der Waals surface area contributed by atoms with Crippen molar-refractivity contribution in [2.75, 3.05) is 7.11 Å². The summed E-state index contributed by atoms with van der Waals surface area (Å²) in [5.74, 6) is -1.24. The van der Waals surface area contributed by atoms with Crippen LogP contribution >= 0.6 is 23.2 Å². The van der Waals surface area contributed by atoms with Crippen LogP contribution in [0.15, 0.2) is 41.0 Å². The fourth-order valence-electron chi connectivity index (χ4n) is 2.31. The molecule has 1 aliphatic rings. The Kier molecular flexibility index (Phi) is 4.65. The van der Waals surface area contributed by atoms with Crippen LogP contribution in [0, 0.1) is 11.3 Å². The van der Waals surface area contributed by atoms with Crippen LogP contribution in [0.25, 0.3) is 0 Å². The average Bonchev–Trinajstić information content (AvgIpc) is 2.49. The Balaban J connectivity index is 2.74. The number of carbonyl (C=O) groups excluding carboxylic acids is 1. The predicted molar refractivity (Wildman–Crippen MR) is 81.8 cm³/mol. The van der Waals surface area contributed by atoms with Crippen LogP contribution in [0.4, 0.5) is 0 Å². The number of carbonyl (C=O) groups is 1. The van der Waals surface area contributed by atoms with E-state index < -0.39 is 11.9 Å². The molecule has 0 radical (unpaired) electrons. The number of ether oxygens (including phenoxy) is 2. The lowest BCUT2D eigenvalue weighted by atomic mass is 9.83. The molecule has 7 heteroatoms. The molecular weight excluding hydrogens is 327 g/mol. The molecule has 0 amide bonds. The zero-order chi connectivity index (χ0) is 16.4. The third-order valence-corrected chi connectivity index (χ3v) is 4.14. The van der Waals surface area contributed by atoms with Crippen molar-refractivity contribution in [1.29, 1.82) is 5.26 Å². The van der Waals surface area contributed by atoms with E-state index in [4.69, 9.17) is 38.4 Å². The molecule has 1 unspecified atom stereocenters. The fraction of sp³-hybridized carbons (Fsp3) is 0.200. The van der Waals surface area contributed by atoms with Gasteiger partial charge in [-0.1, -0.05) is 35.3 Å². The normalized spacial score (nSPS) is 17.9. The Labute approximate surface area is 137 Å². The van der Waals surface area contributed by atoms with Gasteiger partial charge in [-0.3, -0.25) is 0 Å². The van der Waals surface area contributed by atoms with Crippen molar-refractivity contribution in [3.8, 4) is 6.07 Å². The first-order chi connectivity index (χ1) is 10.4. The Morgan fingerprint density at radius 1 is 1.45 bits per heavy atom. The van der Waals surface area contributed by atoms with Gasteiger partial charge in [0.05, 0.1) is 28.6 Å². The number of halogens is 2. The SMILES string of the molecule is COC(=O)C1=C(C)OC(N)=C(C#N)C1c1cccc(Cl)c1Cl. The lowest BCUT2D eigenvalue weighted by Crippen LogP contribution is -2.25. The van der Waals surface area contributed by atoms with E-state index in [1.54, 1.807) is 25.1 Å². The minimum absolute atomic E-state index is 0.0753. The van der Waals surface area contributed by atoms with Crippen LogP contribution in [0.3, 0.4) is 0 Å². The van der Waals surface area contributed by atoms with E-state index in [0.717, 1.165) is 0 Å². The third-order valence-electron chi connectivity index (χ3n) is 3.30. The van der Waals surface area contributed by atoms with Crippen LogP contribution in [0.2, 0.25) is 10.0 Å². The van der Waals surface area contributed by atoms with E-state index in [2.05, 4.69) is 0 Å². The van der Waals surface area contributed by atoms with Gasteiger partial charge in [-0.2, -0.15) is 5.26 Å². The summed E-state index contributed by atoms with van der Waals surface area (Å²) in [5.41, 5.74) is 6.50. The van der Waals surface area contributed by atoms with E-state index in [0.29, 0.717) is 10.6 Å². The second-order valence-corrected chi connectivity index (χ2v) is 5.31. The van der Waals surface area contributed by atoms with Crippen LogP contribution in [0.5, 0.6) is 0 Å². The monoisotopic (exact) mass is 338 g/mol. The van der Waals surface area contributed by atoms with Gasteiger partial charge in [0.15, 0.2) is 0 Å². The summed E-state index contributed by atoms with van der Waals surface area (Å²) in [6.07, 6.45) is 0. The summed E-state index contributed by atoms with van der Waals surface area (Å²) in [6.45, 7) is 1.57. The highest BCUT2D eigenvalue weighted by Gasteiger charge is 2.37. The second-order valence-electron chi connectivity index (χ2n) is 4.53. The highest BCUT2D eigenvalue weighted by Crippen LogP contribution is 2.43. The summed E-state index contributed by atoms with van der Waals surface area (Å²) in [5, 5.41) is 9.94. The Morgan fingerprint density at radius 2 is 2.14 bits per heavy atom. The highest BCUT2D eigenvalue weighted by molar-refractivity contribution is 6.42. The van der Waals surface area contributed by atoms with Gasteiger partial charge in [-0.05, 0) is 18.6 Å². The predicted octanol–water partition coefficient (Wildman–Crippen LogP) is 3.25. The van der Waals surface area contributed by atoms with Gasteiger partial charge in [0, 0.05) is 0 Å². The molecule has 0 fully saturated rings. The first-order valence-electron chi connectivity index (χ1n) is 6.23. The van der Waals surface area contributed by atoms with Crippen LogP contribution < -0.4 is 5.73 Å². The number of hydrogen-bond donors (Lipinski definition) is 1. The smallest absolute Gasteiger partial charge is 0.338 e. The molecule has 0 saturated heterocycles. The van der Waals surface area contributed by atoms with Gasteiger partial charge >= 0.3 is 5.97 Å². The van der Waals surface area contributed by atoms with Crippen molar-refractivity contribution < 1.29 is 14.3 Å². The van der Waals surface area contributed by atoms with E-state index >= 15 is 0 Å². The second kappa shape index (κ2) is 6.30. The lowest BCUT2D eigenvalue weighted by Gasteiger charge is -2.27. The zero-order valence-corrected chi connectivity index (χ0v) is 13.3. The number of benzene rings is 1. The fourth-order valence-corrected chi connectivity index (χ4v) is 2.73. The summed E-state index contributed by atoms with van der Waals surface area (Å²) >= 11 is 12.3. The van der Waals surface area contributed by atoms with Crippen LogP contribution in [-0.2, 0) is 14.3 Å². The van der Waals surface area contributed by atoms with Gasteiger partial charge in [0.25, 0.3) is 0 Å².